The predicted octanol–water partition coefficient (Wildman–Crippen LogP) is 1.46. The van der Waals surface area contributed by atoms with Gasteiger partial charge in [0.05, 0.1) is 12.7 Å². The molecule has 0 aromatic heterocycles. The monoisotopic (exact) mass is 414 g/mol. The number of nitrogens with one attached hydrogen (secondary N) is 1. The molecule has 26 heavy (non-hydrogen) atoms. The van der Waals surface area contributed by atoms with Crippen molar-refractivity contribution in [3.05, 3.63) is 12.2 Å². The zero-order valence-electron chi connectivity index (χ0n) is 15.2. The molecule has 0 rings (SSSR count). The van der Waals surface area contributed by atoms with E-state index in [-0.39, 0.29) is 6.10 Å². The lowest BCUT2D eigenvalue weighted by atomic mass is 10.4. The van der Waals surface area contributed by atoms with Crippen LogP contribution < -0.4 is 10.8 Å². The van der Waals surface area contributed by atoms with Gasteiger partial charge in [-0.1, -0.05) is 11.4 Å². The molecule has 0 aliphatic rings. The topological polar surface area (TPSA) is 165 Å². The number of hydrogen-bond acceptors (Lipinski definition) is 8. The van der Waals surface area contributed by atoms with Crippen LogP contribution in [0, 0.1) is 0 Å². The van der Waals surface area contributed by atoms with E-state index in [1.807, 2.05) is 0 Å². The van der Waals surface area contributed by atoms with E-state index in [1.54, 1.807) is 27.7 Å². The van der Waals surface area contributed by atoms with Gasteiger partial charge in [0.2, 0.25) is 0 Å². The molecule has 0 fully saturated rings. The number of rotatable bonds is 11. The van der Waals surface area contributed by atoms with Gasteiger partial charge in [-0.2, -0.15) is 0 Å². The molecule has 0 aliphatic heterocycles. The van der Waals surface area contributed by atoms with Crippen molar-refractivity contribution in [3.63, 3.8) is 0 Å². The molecule has 0 bridgehead atoms. The number of carbonyl (C=O) groups is 3. The quantitative estimate of drug-likeness (QED) is 0.220. The Labute approximate surface area is 156 Å². The Morgan fingerprint density at radius 2 is 1.69 bits per heavy atom. The molecule has 0 amide bonds. The molecule has 0 aromatic rings. The molecule has 0 aromatic carbocycles. The number of ether oxygens (including phenoxy) is 1. The predicted molar refractivity (Wildman–Crippen MR) is 99.0 cm³/mol. The fourth-order valence-corrected chi connectivity index (χ4v) is 4.99. The van der Waals surface area contributed by atoms with E-state index in [2.05, 4.69) is 5.09 Å². The summed E-state index contributed by atoms with van der Waals surface area (Å²) in [5, 5.41) is 18.3. The van der Waals surface area contributed by atoms with E-state index < -0.39 is 30.7 Å². The fourth-order valence-electron chi connectivity index (χ4n) is 1.22. The lowest BCUT2D eigenvalue weighted by molar-refractivity contribution is -0.149. The molecule has 152 valence electrons. The molecule has 0 saturated heterocycles. The highest BCUT2D eigenvalue weighted by Crippen LogP contribution is 2.55. The fraction of sp³-hybridized carbons (Fsp3) is 0.643. The summed E-state index contributed by atoms with van der Waals surface area (Å²) >= 11 is 1.10. The van der Waals surface area contributed by atoms with Gasteiger partial charge in [0.25, 0.3) is 0 Å². The molecular weight excluding hydrogens is 387 g/mol. The molecule has 12 heteroatoms. The second-order valence-electron chi connectivity index (χ2n) is 4.88. The number of carbonyl (C=O) groups excluding carboxylic acids is 1. The highest BCUT2D eigenvalue weighted by Gasteiger charge is 2.29. The van der Waals surface area contributed by atoms with Gasteiger partial charge in [0, 0.05) is 24.4 Å². The molecule has 0 unspecified atom stereocenters. The number of carboxylic acid groups (broad SMARTS) is 2. The van der Waals surface area contributed by atoms with E-state index in [4.69, 9.17) is 25.2 Å². The minimum Gasteiger partial charge on any atom is -0.478 e. The van der Waals surface area contributed by atoms with Gasteiger partial charge in [-0.15, -0.1) is 0 Å². The van der Waals surface area contributed by atoms with Crippen molar-refractivity contribution in [2.75, 3.05) is 18.9 Å². The Morgan fingerprint density at radius 1 is 1.19 bits per heavy atom. The summed E-state index contributed by atoms with van der Waals surface area (Å²) in [5.41, 5.74) is 5.37. The zero-order valence-corrected chi connectivity index (χ0v) is 16.9. The maximum Gasteiger partial charge on any atom is 0.328 e. The van der Waals surface area contributed by atoms with Gasteiger partial charge >= 0.3 is 24.6 Å². The highest BCUT2D eigenvalue weighted by atomic mass is 32.7. The third-order valence-corrected chi connectivity index (χ3v) is 6.36. The normalized spacial score (nSPS) is 14.2. The third-order valence-electron chi connectivity index (χ3n) is 2.10. The smallest absolute Gasteiger partial charge is 0.328 e. The van der Waals surface area contributed by atoms with Gasteiger partial charge in [0.1, 0.15) is 6.04 Å². The SMILES string of the molecule is CCO[P@](=O)(N[C@@H](C)C(=O)OC(C)C)SCCN.O=C(O)/C=C/C(=O)O. The van der Waals surface area contributed by atoms with Crippen molar-refractivity contribution in [2.24, 2.45) is 5.73 Å². The van der Waals surface area contributed by atoms with Crippen LogP contribution in [0.5, 0.6) is 0 Å². The van der Waals surface area contributed by atoms with E-state index in [1.165, 1.54) is 0 Å². The van der Waals surface area contributed by atoms with Crippen LogP contribution in [0.3, 0.4) is 0 Å². The first-order chi connectivity index (χ1) is 12.0. The molecular formula is C14H27N2O8PS. The van der Waals surface area contributed by atoms with Crippen LogP contribution in [0.25, 0.3) is 0 Å². The Morgan fingerprint density at radius 3 is 2.04 bits per heavy atom. The van der Waals surface area contributed by atoms with Crippen molar-refractivity contribution in [2.45, 2.75) is 39.8 Å². The highest BCUT2D eigenvalue weighted by molar-refractivity contribution is 8.56. The van der Waals surface area contributed by atoms with E-state index in [0.29, 0.717) is 31.1 Å². The van der Waals surface area contributed by atoms with Crippen LogP contribution in [-0.4, -0.2) is 59.2 Å². The van der Waals surface area contributed by atoms with Crippen molar-refractivity contribution < 1.29 is 38.4 Å². The molecule has 0 aliphatic carbocycles. The van der Waals surface area contributed by atoms with Gasteiger partial charge in [0.15, 0.2) is 0 Å². The second-order valence-corrected chi connectivity index (χ2v) is 9.28. The summed E-state index contributed by atoms with van der Waals surface area (Å²) in [5.74, 6) is -2.46. The van der Waals surface area contributed by atoms with Gasteiger partial charge in [-0.3, -0.25) is 9.36 Å². The van der Waals surface area contributed by atoms with Crippen LogP contribution in [0.15, 0.2) is 12.2 Å². The summed E-state index contributed by atoms with van der Waals surface area (Å²) in [4.78, 5) is 30.7. The standard InChI is InChI=1S/C10H23N2O4PS.C4H4O4/c1-5-15-17(14,18-7-6-11)12-9(4)10(13)16-8(2)3;5-3(6)1-2-4(7)8/h8-9H,5-7,11H2,1-4H3,(H,12,14);1-2H,(H,5,6)(H,7,8)/b;2-1+/t9-,17+;/m0./s1. The van der Waals surface area contributed by atoms with Gasteiger partial charge < -0.3 is 25.2 Å². The largest absolute Gasteiger partial charge is 0.478 e. The van der Waals surface area contributed by atoms with Crippen LogP contribution in [0.4, 0.5) is 0 Å². The first-order valence-corrected chi connectivity index (χ1v) is 10.9. The molecule has 10 nitrogen and oxygen atoms in total. The number of hydrogen-bond donors (Lipinski definition) is 4. The number of carboxylic acids is 2. The Kier molecular flexibility index (Phi) is 15.2. The molecule has 2 atom stereocenters. The van der Waals surface area contributed by atoms with Crippen LogP contribution in [0.1, 0.15) is 27.7 Å². The van der Waals surface area contributed by atoms with E-state index in [0.717, 1.165) is 11.4 Å². The third kappa shape index (κ3) is 16.1. The summed E-state index contributed by atoms with van der Waals surface area (Å²) in [6.07, 6.45) is 0.912. The average molecular weight is 414 g/mol. The molecule has 0 heterocycles. The first-order valence-electron chi connectivity index (χ1n) is 7.68. The van der Waals surface area contributed by atoms with E-state index in [9.17, 15) is 18.9 Å². The molecule has 0 saturated carbocycles. The number of aliphatic carboxylic acids is 2. The number of nitrogens with two attached hydrogens (primary N) is 1. The van der Waals surface area contributed by atoms with Crippen LogP contribution in [0.2, 0.25) is 0 Å². The lowest BCUT2D eigenvalue weighted by Crippen LogP contribution is -2.34. The Balaban J connectivity index is 0. The first kappa shape index (κ1) is 26.8. The molecule has 0 spiro atoms. The van der Waals surface area contributed by atoms with Crippen molar-refractivity contribution >= 4 is 36.0 Å². The summed E-state index contributed by atoms with van der Waals surface area (Å²) in [6.45, 7) is 4.45. The number of esters is 1. The van der Waals surface area contributed by atoms with Crippen molar-refractivity contribution in [1.29, 1.82) is 0 Å². The minimum atomic E-state index is -3.10. The van der Waals surface area contributed by atoms with Gasteiger partial charge in [-0.05, 0) is 27.7 Å². The molecule has 5 N–H and O–H groups in total. The lowest BCUT2D eigenvalue weighted by Gasteiger charge is -2.22. The van der Waals surface area contributed by atoms with Gasteiger partial charge in [-0.25, -0.2) is 14.7 Å². The summed E-state index contributed by atoms with van der Waals surface area (Å²) in [7, 11) is 0. The zero-order chi connectivity index (χ0) is 20.8. The summed E-state index contributed by atoms with van der Waals surface area (Å²) < 4.78 is 22.6. The minimum absolute atomic E-state index is 0.204. The molecule has 0 radical (unpaired) electrons. The van der Waals surface area contributed by atoms with E-state index >= 15 is 0 Å². The average Bonchev–Trinajstić information content (AvgIpc) is 2.51. The van der Waals surface area contributed by atoms with Crippen LogP contribution in [-0.2, 0) is 28.2 Å². The summed E-state index contributed by atoms with van der Waals surface area (Å²) in [6, 6.07) is -0.685. The maximum atomic E-state index is 12.3. The van der Waals surface area contributed by atoms with Crippen LogP contribution >= 0.6 is 18.1 Å². The van der Waals surface area contributed by atoms with Crippen molar-refractivity contribution in [1.82, 2.24) is 5.09 Å². The second kappa shape index (κ2) is 14.7. The Hall–Kier alpha value is -1.39. The Bertz CT molecular complexity index is 511. The maximum absolute atomic E-state index is 12.3. The van der Waals surface area contributed by atoms with Crippen molar-refractivity contribution in [3.8, 4) is 0 Å².